The van der Waals surface area contributed by atoms with Gasteiger partial charge in [0.2, 0.25) is 0 Å². The summed E-state index contributed by atoms with van der Waals surface area (Å²) in [5.41, 5.74) is 1.14. The maximum atomic E-state index is 12.8. The molecule has 1 aromatic rings. The van der Waals surface area contributed by atoms with Crippen LogP contribution in [0.5, 0.6) is 0 Å². The highest BCUT2D eigenvalue weighted by atomic mass is 19.1. The maximum absolute atomic E-state index is 12.8. The molecule has 2 rings (SSSR count). The van der Waals surface area contributed by atoms with Crippen LogP contribution in [0.25, 0.3) is 0 Å². The van der Waals surface area contributed by atoms with E-state index >= 15 is 0 Å². The molecular formula is C12H11FN2. The van der Waals surface area contributed by atoms with Gasteiger partial charge in [-0.15, -0.1) is 0 Å². The van der Waals surface area contributed by atoms with Gasteiger partial charge in [-0.3, -0.25) is 4.68 Å². The number of rotatable bonds is 2. The van der Waals surface area contributed by atoms with Gasteiger partial charge in [0.1, 0.15) is 6.04 Å². The van der Waals surface area contributed by atoms with Gasteiger partial charge in [-0.25, -0.2) is 4.39 Å². The summed E-state index contributed by atoms with van der Waals surface area (Å²) in [6.07, 6.45) is 9.14. The fourth-order valence-corrected chi connectivity index (χ4v) is 1.53. The molecule has 0 saturated heterocycles. The standard InChI is InChI=1S/C12H11FN2/c1-2-10-6-4-3-5-7-12(10)15-9-11(13)8-14-15/h3-4,6,8-9,12H,2H2,1H3. The third kappa shape index (κ3) is 1.99. The number of hydrogen-bond donors (Lipinski definition) is 0. The van der Waals surface area contributed by atoms with Crippen molar-refractivity contribution in [2.24, 2.45) is 0 Å². The largest absolute Gasteiger partial charge is 0.250 e. The van der Waals surface area contributed by atoms with Gasteiger partial charge in [-0.2, -0.15) is 5.10 Å². The number of halogens is 1. The van der Waals surface area contributed by atoms with E-state index in [1.54, 1.807) is 10.8 Å². The Bertz CT molecular complexity index is 471. The number of aromatic nitrogens is 2. The highest BCUT2D eigenvalue weighted by molar-refractivity contribution is 5.34. The number of nitrogens with zero attached hydrogens (tertiary/aromatic N) is 2. The van der Waals surface area contributed by atoms with E-state index in [2.05, 4.69) is 23.9 Å². The molecule has 0 spiro atoms. The van der Waals surface area contributed by atoms with Crippen molar-refractivity contribution < 1.29 is 4.39 Å². The van der Waals surface area contributed by atoms with Crippen LogP contribution < -0.4 is 0 Å². The lowest BCUT2D eigenvalue weighted by atomic mass is 10.1. The van der Waals surface area contributed by atoms with Crippen molar-refractivity contribution in [3.63, 3.8) is 0 Å². The predicted molar refractivity (Wildman–Crippen MR) is 56.5 cm³/mol. The Morgan fingerprint density at radius 2 is 2.47 bits per heavy atom. The summed E-state index contributed by atoms with van der Waals surface area (Å²) in [4.78, 5) is 0. The third-order valence-corrected chi connectivity index (χ3v) is 2.30. The first-order valence-corrected chi connectivity index (χ1v) is 4.87. The van der Waals surface area contributed by atoms with Crippen LogP contribution in [-0.4, -0.2) is 9.78 Å². The van der Waals surface area contributed by atoms with Crippen LogP contribution >= 0.6 is 0 Å². The van der Waals surface area contributed by atoms with Gasteiger partial charge in [0.15, 0.2) is 5.82 Å². The molecule has 1 aliphatic rings. The molecule has 2 nitrogen and oxygen atoms in total. The van der Waals surface area contributed by atoms with E-state index in [1.807, 2.05) is 12.2 Å². The molecule has 0 aliphatic heterocycles. The molecule has 1 heterocycles. The normalized spacial score (nSPS) is 19.1. The topological polar surface area (TPSA) is 17.8 Å². The second kappa shape index (κ2) is 4.14. The molecule has 0 aromatic carbocycles. The molecule has 0 bridgehead atoms. The average molecular weight is 202 g/mol. The van der Waals surface area contributed by atoms with Gasteiger partial charge in [0, 0.05) is 0 Å². The van der Waals surface area contributed by atoms with Crippen molar-refractivity contribution in [3.05, 3.63) is 42.0 Å². The van der Waals surface area contributed by atoms with Gasteiger partial charge in [0.05, 0.1) is 12.4 Å². The monoisotopic (exact) mass is 202 g/mol. The summed E-state index contributed by atoms with van der Waals surface area (Å²) >= 11 is 0. The first-order valence-electron chi connectivity index (χ1n) is 4.87. The van der Waals surface area contributed by atoms with Gasteiger partial charge in [-0.05, 0) is 18.1 Å². The Hall–Kier alpha value is -1.82. The average Bonchev–Trinajstić information content (AvgIpc) is 2.54. The first-order chi connectivity index (χ1) is 7.31. The van der Waals surface area contributed by atoms with E-state index < -0.39 is 0 Å². The van der Waals surface area contributed by atoms with Crippen LogP contribution in [0.4, 0.5) is 4.39 Å². The molecular weight excluding hydrogens is 191 g/mol. The number of hydrogen-bond acceptors (Lipinski definition) is 1. The van der Waals surface area contributed by atoms with E-state index in [9.17, 15) is 4.39 Å². The molecule has 0 saturated carbocycles. The maximum Gasteiger partial charge on any atom is 0.161 e. The molecule has 1 aliphatic carbocycles. The minimum atomic E-state index is -0.329. The zero-order chi connectivity index (χ0) is 10.7. The summed E-state index contributed by atoms with van der Waals surface area (Å²) in [6, 6.07) is -0.144. The molecule has 1 unspecified atom stereocenters. The van der Waals surface area contributed by atoms with Crippen molar-refractivity contribution in [1.29, 1.82) is 0 Å². The lowest BCUT2D eigenvalue weighted by Gasteiger charge is -2.13. The second-order valence-electron chi connectivity index (χ2n) is 3.28. The Morgan fingerprint density at radius 1 is 1.60 bits per heavy atom. The Morgan fingerprint density at radius 3 is 3.13 bits per heavy atom. The minimum absolute atomic E-state index is 0.144. The SMILES string of the molecule is CCC1=CC=CC#CC1n1cc(F)cn1. The third-order valence-electron chi connectivity index (χ3n) is 2.30. The summed E-state index contributed by atoms with van der Waals surface area (Å²) < 4.78 is 14.4. The molecule has 76 valence electrons. The summed E-state index contributed by atoms with van der Waals surface area (Å²) in [6.45, 7) is 2.06. The van der Waals surface area contributed by atoms with Crippen LogP contribution in [0, 0.1) is 17.7 Å². The summed E-state index contributed by atoms with van der Waals surface area (Å²) in [7, 11) is 0. The van der Waals surface area contributed by atoms with E-state index in [0.717, 1.165) is 12.0 Å². The van der Waals surface area contributed by atoms with Crippen molar-refractivity contribution in [1.82, 2.24) is 9.78 Å². The van der Waals surface area contributed by atoms with Crippen LogP contribution in [0.15, 0.2) is 36.2 Å². The van der Waals surface area contributed by atoms with Crippen molar-refractivity contribution in [3.8, 4) is 11.8 Å². The fourth-order valence-electron chi connectivity index (χ4n) is 1.53. The molecule has 0 radical (unpaired) electrons. The quantitative estimate of drug-likeness (QED) is 0.674. The van der Waals surface area contributed by atoms with Gasteiger partial charge < -0.3 is 0 Å². The molecule has 0 fully saturated rings. The summed E-state index contributed by atoms with van der Waals surface area (Å²) in [5, 5.41) is 3.95. The lowest BCUT2D eigenvalue weighted by Crippen LogP contribution is -2.09. The summed E-state index contributed by atoms with van der Waals surface area (Å²) in [5.74, 6) is 5.62. The Labute approximate surface area is 88.1 Å². The fraction of sp³-hybridized carbons (Fsp3) is 0.250. The van der Waals surface area contributed by atoms with Crippen LogP contribution in [0.2, 0.25) is 0 Å². The van der Waals surface area contributed by atoms with Crippen molar-refractivity contribution in [2.45, 2.75) is 19.4 Å². The molecule has 15 heavy (non-hydrogen) atoms. The molecule has 3 heteroatoms. The van der Waals surface area contributed by atoms with E-state index in [0.29, 0.717) is 0 Å². The van der Waals surface area contributed by atoms with Crippen molar-refractivity contribution in [2.75, 3.05) is 0 Å². The van der Waals surface area contributed by atoms with Crippen molar-refractivity contribution >= 4 is 0 Å². The van der Waals surface area contributed by atoms with E-state index in [-0.39, 0.29) is 11.9 Å². The van der Waals surface area contributed by atoms with Gasteiger partial charge in [0.25, 0.3) is 0 Å². The first kappa shape index (κ1) is 9.72. The van der Waals surface area contributed by atoms with Crippen LogP contribution in [0.3, 0.4) is 0 Å². The molecule has 0 N–H and O–H groups in total. The van der Waals surface area contributed by atoms with E-state index in [4.69, 9.17) is 0 Å². The Balaban J connectivity index is 2.37. The molecule has 1 aromatic heterocycles. The zero-order valence-corrected chi connectivity index (χ0v) is 8.44. The molecule has 0 amide bonds. The Kier molecular flexibility index (Phi) is 2.68. The van der Waals surface area contributed by atoms with Crippen LogP contribution in [-0.2, 0) is 0 Å². The second-order valence-corrected chi connectivity index (χ2v) is 3.28. The lowest BCUT2D eigenvalue weighted by molar-refractivity contribution is 0.589. The van der Waals surface area contributed by atoms with E-state index in [1.165, 1.54) is 12.4 Å². The highest BCUT2D eigenvalue weighted by Crippen LogP contribution is 2.20. The zero-order valence-electron chi connectivity index (χ0n) is 8.44. The van der Waals surface area contributed by atoms with Gasteiger partial charge in [-0.1, -0.05) is 30.9 Å². The van der Waals surface area contributed by atoms with Gasteiger partial charge >= 0.3 is 0 Å². The predicted octanol–water partition coefficient (Wildman–Crippen LogP) is 2.47. The minimum Gasteiger partial charge on any atom is -0.250 e. The highest BCUT2D eigenvalue weighted by Gasteiger charge is 2.13. The number of allylic oxidation sites excluding steroid dienone is 4. The van der Waals surface area contributed by atoms with Crippen LogP contribution in [0.1, 0.15) is 19.4 Å². The molecule has 1 atom stereocenters. The smallest absolute Gasteiger partial charge is 0.161 e.